The molecule has 1 N–H and O–H groups in total. The minimum atomic E-state index is -0.160. The summed E-state index contributed by atoms with van der Waals surface area (Å²) in [6.45, 7) is 15.8. The van der Waals surface area contributed by atoms with Crippen molar-refractivity contribution in [2.45, 2.75) is 79.4 Å². The highest BCUT2D eigenvalue weighted by Gasteiger charge is 2.43. The third kappa shape index (κ3) is 5.07. The van der Waals surface area contributed by atoms with E-state index >= 15 is 0 Å². The van der Waals surface area contributed by atoms with Gasteiger partial charge in [0, 0.05) is 6.04 Å². The van der Waals surface area contributed by atoms with E-state index in [4.69, 9.17) is 0 Å². The molecule has 1 saturated carbocycles. The molecule has 0 saturated heterocycles. The van der Waals surface area contributed by atoms with Crippen LogP contribution in [0.1, 0.15) is 67.2 Å². The van der Waals surface area contributed by atoms with E-state index in [-0.39, 0.29) is 11.5 Å². The van der Waals surface area contributed by atoms with Gasteiger partial charge >= 0.3 is 0 Å². The summed E-state index contributed by atoms with van der Waals surface area (Å²) in [4.78, 5) is 2.57. The van der Waals surface area contributed by atoms with Crippen molar-refractivity contribution in [2.75, 3.05) is 13.1 Å². The van der Waals surface area contributed by atoms with Gasteiger partial charge in [-0.05, 0) is 56.0 Å². The molecule has 114 valence electrons. The Hall–Kier alpha value is -0.0800. The van der Waals surface area contributed by atoms with Gasteiger partial charge in [0.15, 0.2) is 0 Å². The molecule has 2 unspecified atom stereocenters. The molecule has 1 fully saturated rings. The maximum Gasteiger partial charge on any atom is 0.0746 e. The second-order valence-electron chi connectivity index (χ2n) is 7.94. The van der Waals surface area contributed by atoms with Crippen LogP contribution >= 0.6 is 0 Å². The number of aliphatic hydroxyl groups is 1. The Morgan fingerprint density at radius 2 is 1.53 bits per heavy atom. The van der Waals surface area contributed by atoms with Crippen LogP contribution in [0.4, 0.5) is 0 Å². The van der Waals surface area contributed by atoms with Crippen molar-refractivity contribution in [3.63, 3.8) is 0 Å². The molecule has 1 aliphatic carbocycles. The van der Waals surface area contributed by atoms with Crippen LogP contribution < -0.4 is 0 Å². The van der Waals surface area contributed by atoms with E-state index in [1.165, 1.54) is 12.8 Å². The molecule has 1 aliphatic rings. The molecule has 19 heavy (non-hydrogen) atoms. The van der Waals surface area contributed by atoms with Crippen molar-refractivity contribution >= 4 is 0 Å². The molecule has 0 bridgehead atoms. The predicted octanol–water partition coefficient (Wildman–Crippen LogP) is 3.93. The Bertz CT molecular complexity index is 248. The van der Waals surface area contributed by atoms with Crippen LogP contribution in [0, 0.1) is 17.3 Å². The smallest absolute Gasteiger partial charge is 0.0746 e. The molecule has 0 aromatic rings. The first-order valence-electron chi connectivity index (χ1n) is 8.16. The zero-order chi connectivity index (χ0) is 14.6. The van der Waals surface area contributed by atoms with Crippen LogP contribution in [0.25, 0.3) is 0 Å². The van der Waals surface area contributed by atoms with Crippen LogP contribution in [0.5, 0.6) is 0 Å². The van der Waals surface area contributed by atoms with E-state index in [1.807, 2.05) is 0 Å². The summed E-state index contributed by atoms with van der Waals surface area (Å²) in [5, 5.41) is 10.6. The number of hydrogen-bond acceptors (Lipinski definition) is 2. The lowest BCUT2D eigenvalue weighted by molar-refractivity contribution is 0.0117. The fraction of sp³-hybridized carbons (Fsp3) is 1.00. The van der Waals surface area contributed by atoms with Crippen LogP contribution in [0.2, 0.25) is 0 Å². The van der Waals surface area contributed by atoms with Gasteiger partial charge in [-0.1, -0.05) is 41.5 Å². The van der Waals surface area contributed by atoms with Crippen LogP contribution in [0.3, 0.4) is 0 Å². The lowest BCUT2D eigenvalue weighted by atomic mass is 9.88. The Morgan fingerprint density at radius 1 is 1.05 bits per heavy atom. The first kappa shape index (κ1) is 17.0. The highest BCUT2D eigenvalue weighted by atomic mass is 16.3. The highest BCUT2D eigenvalue weighted by Crippen LogP contribution is 2.40. The molecule has 2 nitrogen and oxygen atoms in total. The van der Waals surface area contributed by atoms with Gasteiger partial charge in [-0.15, -0.1) is 0 Å². The van der Waals surface area contributed by atoms with Crippen LogP contribution in [-0.2, 0) is 0 Å². The molecule has 0 aromatic carbocycles. The van der Waals surface area contributed by atoms with Crippen LogP contribution in [0.15, 0.2) is 0 Å². The van der Waals surface area contributed by atoms with Crippen molar-refractivity contribution < 1.29 is 5.11 Å². The summed E-state index contributed by atoms with van der Waals surface area (Å²) in [6, 6.07) is 0.382. The quantitative estimate of drug-likeness (QED) is 0.757. The average Bonchev–Trinajstić information content (AvgIpc) is 2.55. The number of aliphatic hydroxyl groups excluding tert-OH is 1. The van der Waals surface area contributed by atoms with Gasteiger partial charge in [0.25, 0.3) is 0 Å². The molecule has 0 heterocycles. The predicted molar refractivity (Wildman–Crippen MR) is 83.3 cm³/mol. The zero-order valence-corrected chi connectivity index (χ0v) is 13.9. The molecular formula is C17H35NO. The lowest BCUT2D eigenvalue weighted by Gasteiger charge is -2.35. The van der Waals surface area contributed by atoms with E-state index in [9.17, 15) is 5.11 Å². The van der Waals surface area contributed by atoms with Gasteiger partial charge in [-0.25, -0.2) is 0 Å². The fourth-order valence-corrected chi connectivity index (χ4v) is 3.02. The molecule has 0 aromatic heterocycles. The molecule has 2 atom stereocenters. The normalized spacial score (nSPS) is 26.8. The first-order chi connectivity index (χ1) is 8.74. The van der Waals surface area contributed by atoms with E-state index in [2.05, 4.69) is 46.4 Å². The summed E-state index contributed by atoms with van der Waals surface area (Å²) in [6.07, 6.45) is 4.62. The lowest BCUT2D eigenvalue weighted by Crippen LogP contribution is -2.45. The third-order valence-electron chi connectivity index (χ3n) is 4.71. The number of hydrogen-bond donors (Lipinski definition) is 1. The largest absolute Gasteiger partial charge is 0.391 e. The van der Waals surface area contributed by atoms with E-state index < -0.39 is 0 Å². The van der Waals surface area contributed by atoms with Crippen molar-refractivity contribution in [3.8, 4) is 0 Å². The molecule has 0 amide bonds. The Labute approximate surface area is 120 Å². The summed E-state index contributed by atoms with van der Waals surface area (Å²) in [7, 11) is 0. The van der Waals surface area contributed by atoms with Gasteiger partial charge in [0.05, 0.1) is 6.10 Å². The number of rotatable bonds is 7. The Morgan fingerprint density at radius 3 is 1.84 bits per heavy atom. The monoisotopic (exact) mass is 269 g/mol. The summed E-state index contributed by atoms with van der Waals surface area (Å²) >= 11 is 0. The van der Waals surface area contributed by atoms with E-state index in [0.29, 0.717) is 6.04 Å². The standard InChI is InChI=1S/C17H35NO/c1-13(2)8-11-18(12-9-14(3)4)15-7-10-17(5,6)16(15)19/h13-16,19H,7-12H2,1-6H3. The number of nitrogens with zero attached hydrogens (tertiary/aromatic N) is 1. The van der Waals surface area contributed by atoms with E-state index in [1.54, 1.807) is 0 Å². The average molecular weight is 269 g/mol. The molecule has 0 radical (unpaired) electrons. The van der Waals surface area contributed by atoms with Crippen molar-refractivity contribution in [1.82, 2.24) is 4.90 Å². The maximum atomic E-state index is 10.6. The Kier molecular flexibility index (Phi) is 6.32. The second-order valence-corrected chi connectivity index (χ2v) is 7.94. The summed E-state index contributed by atoms with van der Waals surface area (Å²) in [5.41, 5.74) is 0.0958. The zero-order valence-electron chi connectivity index (χ0n) is 13.9. The van der Waals surface area contributed by atoms with Crippen LogP contribution in [-0.4, -0.2) is 35.2 Å². The summed E-state index contributed by atoms with van der Waals surface area (Å²) in [5.74, 6) is 1.49. The Balaban J connectivity index is 2.62. The molecular weight excluding hydrogens is 234 g/mol. The molecule has 2 heteroatoms. The first-order valence-corrected chi connectivity index (χ1v) is 8.16. The second kappa shape index (κ2) is 7.08. The van der Waals surface area contributed by atoms with Gasteiger partial charge in [0.2, 0.25) is 0 Å². The van der Waals surface area contributed by atoms with Crippen molar-refractivity contribution in [1.29, 1.82) is 0 Å². The van der Waals surface area contributed by atoms with Gasteiger partial charge in [0.1, 0.15) is 0 Å². The molecule has 0 aliphatic heterocycles. The highest BCUT2D eigenvalue weighted by molar-refractivity contribution is 4.96. The van der Waals surface area contributed by atoms with Gasteiger partial charge in [-0.3, -0.25) is 4.90 Å². The van der Waals surface area contributed by atoms with Crippen molar-refractivity contribution in [3.05, 3.63) is 0 Å². The van der Waals surface area contributed by atoms with Gasteiger partial charge < -0.3 is 5.11 Å². The SMILES string of the molecule is CC(C)CCN(CCC(C)C)C1CCC(C)(C)C1O. The minimum absolute atomic E-state index is 0.0958. The molecule has 0 spiro atoms. The van der Waals surface area contributed by atoms with Gasteiger partial charge in [-0.2, -0.15) is 0 Å². The fourth-order valence-electron chi connectivity index (χ4n) is 3.02. The summed E-state index contributed by atoms with van der Waals surface area (Å²) < 4.78 is 0. The minimum Gasteiger partial charge on any atom is -0.391 e. The topological polar surface area (TPSA) is 23.5 Å². The van der Waals surface area contributed by atoms with E-state index in [0.717, 1.165) is 37.8 Å². The molecule has 1 rings (SSSR count). The maximum absolute atomic E-state index is 10.6. The third-order valence-corrected chi connectivity index (χ3v) is 4.71. The van der Waals surface area contributed by atoms with Crippen molar-refractivity contribution in [2.24, 2.45) is 17.3 Å².